The first-order valence-corrected chi connectivity index (χ1v) is 8.54. The summed E-state index contributed by atoms with van der Waals surface area (Å²) in [6.45, 7) is 1.41. The minimum atomic E-state index is -4.50. The zero-order chi connectivity index (χ0) is 20.9. The summed E-state index contributed by atoms with van der Waals surface area (Å²) in [5.41, 5.74) is 3.71. The number of anilines is 1. The average molecular weight is 417 g/mol. The van der Waals surface area contributed by atoms with Crippen LogP contribution in [-0.2, 0) is 23.1 Å². The van der Waals surface area contributed by atoms with Crippen LogP contribution in [-0.4, -0.2) is 20.6 Å². The number of alkyl halides is 3. The van der Waals surface area contributed by atoms with Crippen LogP contribution in [0.3, 0.4) is 0 Å². The van der Waals surface area contributed by atoms with Crippen LogP contribution in [0.15, 0.2) is 29.1 Å². The zero-order valence-electron chi connectivity index (χ0n) is 14.5. The molecule has 7 nitrogen and oxygen atoms in total. The van der Waals surface area contributed by atoms with Gasteiger partial charge in [-0.3, -0.25) is 9.36 Å². The molecular weight excluding hydrogens is 401 g/mol. The molecule has 1 aliphatic rings. The van der Waals surface area contributed by atoms with Crippen LogP contribution >= 0.6 is 11.6 Å². The van der Waals surface area contributed by atoms with Gasteiger partial charge in [-0.25, -0.2) is 9.78 Å². The lowest BCUT2D eigenvalue weighted by molar-refractivity contribution is -0.141. The molecule has 0 fully saturated rings. The number of fused-ring (bicyclic) bond motifs is 1. The van der Waals surface area contributed by atoms with E-state index >= 15 is 0 Å². The van der Waals surface area contributed by atoms with Crippen LogP contribution < -0.4 is 16.6 Å². The topological polar surface area (TPSA) is 110 Å². The van der Waals surface area contributed by atoms with Gasteiger partial charge in [-0.05, 0) is 24.6 Å². The Morgan fingerprint density at radius 2 is 2.18 bits per heavy atom. The van der Waals surface area contributed by atoms with Crippen LogP contribution in [0.4, 0.5) is 19.0 Å². The average Bonchev–Trinajstić information content (AvgIpc) is 2.89. The van der Waals surface area contributed by atoms with Gasteiger partial charge in [0, 0.05) is 13.0 Å². The van der Waals surface area contributed by atoms with Crippen LogP contribution in [0.2, 0.25) is 5.15 Å². The molecular formula is C17H16ClF3N4O3. The third-order valence-electron chi connectivity index (χ3n) is 4.54. The molecule has 11 heteroatoms. The summed E-state index contributed by atoms with van der Waals surface area (Å²) >= 11 is 6.14. The van der Waals surface area contributed by atoms with E-state index in [-0.39, 0.29) is 35.2 Å². The van der Waals surface area contributed by atoms with E-state index in [1.54, 1.807) is 6.92 Å². The Hall–Kier alpha value is -2.59. The largest absolute Gasteiger partial charge is 0.480 e. The van der Waals surface area contributed by atoms with Crippen molar-refractivity contribution in [1.29, 1.82) is 0 Å². The highest BCUT2D eigenvalue weighted by Gasteiger charge is 2.44. The Morgan fingerprint density at radius 1 is 1.50 bits per heavy atom. The van der Waals surface area contributed by atoms with Crippen molar-refractivity contribution in [3.05, 3.63) is 56.6 Å². The van der Waals surface area contributed by atoms with Crippen molar-refractivity contribution in [1.82, 2.24) is 9.55 Å². The molecule has 1 aromatic heterocycles. The quantitative estimate of drug-likeness (QED) is 0.707. The fraction of sp³-hybridized carbons (Fsp3) is 0.353. The molecule has 0 bridgehead atoms. The molecule has 0 radical (unpaired) electrons. The summed E-state index contributed by atoms with van der Waals surface area (Å²) in [6.07, 6.45) is -4.54. The second-order valence-corrected chi connectivity index (χ2v) is 7.16. The van der Waals surface area contributed by atoms with E-state index in [2.05, 4.69) is 10.3 Å². The van der Waals surface area contributed by atoms with E-state index in [0.717, 1.165) is 16.7 Å². The van der Waals surface area contributed by atoms with Gasteiger partial charge in [0.05, 0.1) is 16.8 Å². The first kappa shape index (κ1) is 20.2. The Labute approximate surface area is 161 Å². The fourth-order valence-electron chi connectivity index (χ4n) is 3.27. The highest BCUT2D eigenvalue weighted by atomic mass is 35.5. The second kappa shape index (κ2) is 6.78. The van der Waals surface area contributed by atoms with Gasteiger partial charge in [0.2, 0.25) is 0 Å². The number of benzene rings is 1. The van der Waals surface area contributed by atoms with Crippen molar-refractivity contribution in [2.45, 2.75) is 37.6 Å². The van der Waals surface area contributed by atoms with Gasteiger partial charge in [0.1, 0.15) is 6.04 Å². The number of nitrogens with zero attached hydrogens (tertiary/aromatic N) is 2. The van der Waals surface area contributed by atoms with Gasteiger partial charge in [0.25, 0.3) is 5.56 Å². The number of aromatic nitrogens is 2. The van der Waals surface area contributed by atoms with Gasteiger partial charge >= 0.3 is 12.1 Å². The normalized spacial score (nSPS) is 21.4. The molecule has 150 valence electrons. The predicted molar refractivity (Wildman–Crippen MR) is 95.1 cm³/mol. The molecule has 0 spiro atoms. The number of nitrogens with one attached hydrogen (secondary N) is 1. The van der Waals surface area contributed by atoms with Gasteiger partial charge in [-0.1, -0.05) is 23.7 Å². The van der Waals surface area contributed by atoms with E-state index in [9.17, 15) is 27.9 Å². The summed E-state index contributed by atoms with van der Waals surface area (Å²) in [4.78, 5) is 28.2. The Balaban J connectivity index is 1.96. The number of nitrogens with two attached hydrogens (primary N) is 1. The van der Waals surface area contributed by atoms with Crippen molar-refractivity contribution < 1.29 is 23.1 Å². The van der Waals surface area contributed by atoms with E-state index in [4.69, 9.17) is 17.3 Å². The molecule has 3 rings (SSSR count). The number of carbonyl (C=O) groups is 1. The Morgan fingerprint density at radius 3 is 2.79 bits per heavy atom. The van der Waals surface area contributed by atoms with Crippen molar-refractivity contribution in [3.8, 4) is 0 Å². The number of carboxylic acid groups (broad SMARTS) is 1. The van der Waals surface area contributed by atoms with Crippen LogP contribution in [0.1, 0.15) is 36.2 Å². The summed E-state index contributed by atoms with van der Waals surface area (Å²) < 4.78 is 39.4. The molecule has 0 amide bonds. The van der Waals surface area contributed by atoms with Crippen LogP contribution in [0.5, 0.6) is 0 Å². The maximum Gasteiger partial charge on any atom is 0.416 e. The van der Waals surface area contributed by atoms with E-state index < -0.39 is 34.8 Å². The number of carboxylic acids is 1. The van der Waals surface area contributed by atoms with Crippen molar-refractivity contribution in [3.63, 3.8) is 0 Å². The van der Waals surface area contributed by atoms with E-state index in [1.165, 1.54) is 12.1 Å². The summed E-state index contributed by atoms with van der Waals surface area (Å²) in [7, 11) is 0. The smallest absolute Gasteiger partial charge is 0.416 e. The number of rotatable bonds is 4. The standard InChI is InChI=1S/C17H16ClF3N4O3/c1-16(22)6-10(15(27)28)25-11(16)12(18)24-13(14(25)26)23-7-8-3-2-4-9(5-8)17(19,20)21/h2-5,10H,6-7,22H2,1H3,(H,23,24)(H,27,28)/t10-,16+/m0/s1. The summed E-state index contributed by atoms with van der Waals surface area (Å²) in [6, 6.07) is 3.35. The van der Waals surface area contributed by atoms with Crippen LogP contribution in [0, 0.1) is 0 Å². The zero-order valence-corrected chi connectivity index (χ0v) is 15.3. The number of halogens is 4. The monoisotopic (exact) mass is 416 g/mol. The summed E-state index contributed by atoms with van der Waals surface area (Å²) in [5.74, 6) is -1.52. The first-order valence-electron chi connectivity index (χ1n) is 8.16. The molecule has 0 saturated heterocycles. The summed E-state index contributed by atoms with van der Waals surface area (Å²) in [5, 5.41) is 11.9. The molecule has 2 atom stereocenters. The lowest BCUT2D eigenvalue weighted by Gasteiger charge is -2.19. The SMILES string of the molecule is C[C@@]1(N)C[C@@H](C(=O)O)n2c1c(Cl)nc(NCc1cccc(C(F)(F)F)c1)c2=O. The minimum Gasteiger partial charge on any atom is -0.480 e. The van der Waals surface area contributed by atoms with E-state index in [0.29, 0.717) is 0 Å². The van der Waals surface area contributed by atoms with Gasteiger partial charge < -0.3 is 16.2 Å². The Kier molecular flexibility index (Phi) is 4.88. The van der Waals surface area contributed by atoms with Gasteiger partial charge in [-0.2, -0.15) is 13.2 Å². The highest BCUT2D eigenvalue weighted by Crippen LogP contribution is 2.39. The highest BCUT2D eigenvalue weighted by molar-refractivity contribution is 6.30. The predicted octanol–water partition coefficient (Wildman–Crippen LogP) is 2.73. The van der Waals surface area contributed by atoms with Gasteiger partial charge in [-0.15, -0.1) is 0 Å². The minimum absolute atomic E-state index is 0.0456. The third-order valence-corrected chi connectivity index (χ3v) is 4.80. The van der Waals surface area contributed by atoms with E-state index in [1.807, 2.05) is 0 Å². The third kappa shape index (κ3) is 3.57. The maximum atomic E-state index is 12.8. The molecule has 2 heterocycles. The van der Waals surface area contributed by atoms with Crippen LogP contribution in [0.25, 0.3) is 0 Å². The lowest BCUT2D eigenvalue weighted by Crippen LogP contribution is -2.34. The second-order valence-electron chi connectivity index (χ2n) is 6.80. The first-order chi connectivity index (χ1) is 12.9. The number of aliphatic carboxylic acids is 1. The molecule has 0 unspecified atom stereocenters. The van der Waals surface area contributed by atoms with Crippen molar-refractivity contribution in [2.24, 2.45) is 5.73 Å². The number of hydrogen-bond acceptors (Lipinski definition) is 5. The lowest BCUT2D eigenvalue weighted by atomic mass is 9.96. The number of hydrogen-bond donors (Lipinski definition) is 3. The van der Waals surface area contributed by atoms with Gasteiger partial charge in [0.15, 0.2) is 11.0 Å². The molecule has 0 saturated carbocycles. The van der Waals surface area contributed by atoms with Crippen molar-refractivity contribution >= 4 is 23.4 Å². The Bertz CT molecular complexity index is 1000. The fourth-order valence-corrected chi connectivity index (χ4v) is 3.66. The molecule has 0 aliphatic carbocycles. The van der Waals surface area contributed by atoms with Crippen molar-refractivity contribution in [2.75, 3.05) is 5.32 Å². The maximum absolute atomic E-state index is 12.8. The molecule has 2 aromatic rings. The molecule has 28 heavy (non-hydrogen) atoms. The molecule has 4 N–H and O–H groups in total. The molecule has 1 aromatic carbocycles. The molecule has 1 aliphatic heterocycles.